The third kappa shape index (κ3) is 4.58. The maximum atomic E-state index is 14.4. The Labute approximate surface area is 209 Å². The van der Waals surface area contributed by atoms with Crippen LogP contribution in [-0.4, -0.2) is 31.0 Å². The predicted octanol–water partition coefficient (Wildman–Crippen LogP) is 3.04. The lowest BCUT2D eigenvalue weighted by Crippen LogP contribution is -2.30. The predicted molar refractivity (Wildman–Crippen MR) is 133 cm³/mol. The second-order valence-electron chi connectivity index (χ2n) is 8.77. The van der Waals surface area contributed by atoms with Crippen LogP contribution >= 0.6 is 0 Å². The SMILES string of the molecule is Cc1ccc([C@H](C)NC(=O)c2cc(C(=O)NCc3ccc4oc(=O)n(C)c4c3)nc3c(F)cnn23)cc1. The molecule has 0 fully saturated rings. The lowest BCUT2D eigenvalue weighted by molar-refractivity contribution is 0.0932. The van der Waals surface area contributed by atoms with Crippen LogP contribution in [0.5, 0.6) is 0 Å². The number of fused-ring (bicyclic) bond motifs is 2. The summed E-state index contributed by atoms with van der Waals surface area (Å²) in [6, 6.07) is 13.7. The van der Waals surface area contributed by atoms with Gasteiger partial charge in [-0.25, -0.2) is 18.7 Å². The number of carbonyl (C=O) groups excluding carboxylic acids is 2. The number of nitrogens with zero attached hydrogens (tertiary/aromatic N) is 4. The Balaban J connectivity index is 1.39. The molecule has 2 aromatic carbocycles. The molecule has 5 rings (SSSR count). The van der Waals surface area contributed by atoms with E-state index in [1.54, 1.807) is 25.2 Å². The van der Waals surface area contributed by atoms with E-state index in [2.05, 4.69) is 20.7 Å². The first-order valence-corrected chi connectivity index (χ1v) is 11.5. The summed E-state index contributed by atoms with van der Waals surface area (Å²) in [5, 5.41) is 9.49. The molecule has 3 heterocycles. The fraction of sp³-hybridized carbons (Fsp3) is 0.192. The number of aryl methyl sites for hydroxylation is 2. The molecule has 2 N–H and O–H groups in total. The molecule has 2 amide bonds. The van der Waals surface area contributed by atoms with Crippen molar-refractivity contribution in [2.45, 2.75) is 26.4 Å². The van der Waals surface area contributed by atoms with Crippen LogP contribution in [0.2, 0.25) is 0 Å². The largest absolute Gasteiger partial charge is 0.419 e. The van der Waals surface area contributed by atoms with E-state index in [9.17, 15) is 18.8 Å². The molecule has 0 radical (unpaired) electrons. The zero-order chi connectivity index (χ0) is 26.3. The van der Waals surface area contributed by atoms with Crippen LogP contribution in [0.3, 0.4) is 0 Å². The van der Waals surface area contributed by atoms with Crippen molar-refractivity contribution in [3.63, 3.8) is 0 Å². The minimum absolute atomic E-state index is 0.0344. The monoisotopic (exact) mass is 502 g/mol. The highest BCUT2D eigenvalue weighted by Gasteiger charge is 2.21. The van der Waals surface area contributed by atoms with Gasteiger partial charge in [0.2, 0.25) is 0 Å². The number of aromatic nitrogens is 4. The molecule has 0 spiro atoms. The Hall–Kier alpha value is -4.80. The van der Waals surface area contributed by atoms with Gasteiger partial charge in [0.1, 0.15) is 11.4 Å². The molecule has 37 heavy (non-hydrogen) atoms. The second-order valence-corrected chi connectivity index (χ2v) is 8.77. The minimum Gasteiger partial charge on any atom is -0.408 e. The van der Waals surface area contributed by atoms with Gasteiger partial charge in [-0.3, -0.25) is 14.2 Å². The second kappa shape index (κ2) is 9.34. The molecule has 0 aliphatic heterocycles. The topological polar surface area (TPSA) is 124 Å². The van der Waals surface area contributed by atoms with Crippen molar-refractivity contribution >= 4 is 28.6 Å². The maximum absolute atomic E-state index is 14.4. The van der Waals surface area contributed by atoms with E-state index in [0.29, 0.717) is 16.7 Å². The number of halogens is 1. The Morgan fingerprint density at radius 1 is 1.11 bits per heavy atom. The average Bonchev–Trinajstić information content (AvgIpc) is 3.40. The molecule has 0 saturated heterocycles. The van der Waals surface area contributed by atoms with Crippen molar-refractivity contribution in [1.82, 2.24) is 29.8 Å². The number of oxazole rings is 1. The average molecular weight is 503 g/mol. The first kappa shape index (κ1) is 23.9. The van der Waals surface area contributed by atoms with Gasteiger partial charge < -0.3 is 15.1 Å². The van der Waals surface area contributed by atoms with Crippen molar-refractivity contribution in [2.24, 2.45) is 7.05 Å². The molecule has 3 aromatic heterocycles. The van der Waals surface area contributed by atoms with Gasteiger partial charge in [0, 0.05) is 19.7 Å². The number of amides is 2. The Morgan fingerprint density at radius 2 is 1.86 bits per heavy atom. The summed E-state index contributed by atoms with van der Waals surface area (Å²) >= 11 is 0. The molecule has 0 aliphatic rings. The molecule has 10 nitrogen and oxygen atoms in total. The number of nitrogens with one attached hydrogen (secondary N) is 2. The van der Waals surface area contributed by atoms with E-state index in [4.69, 9.17) is 4.42 Å². The molecular formula is C26H23FN6O4. The van der Waals surface area contributed by atoms with Crippen molar-refractivity contribution in [1.29, 1.82) is 0 Å². The van der Waals surface area contributed by atoms with E-state index in [-0.39, 0.29) is 29.6 Å². The van der Waals surface area contributed by atoms with Crippen molar-refractivity contribution < 1.29 is 18.4 Å². The summed E-state index contributed by atoms with van der Waals surface area (Å²) in [6.07, 6.45) is 0.939. The quantitative estimate of drug-likeness (QED) is 0.368. The zero-order valence-electron chi connectivity index (χ0n) is 20.3. The van der Waals surface area contributed by atoms with Gasteiger partial charge in [-0.05, 0) is 37.1 Å². The van der Waals surface area contributed by atoms with E-state index in [1.807, 2.05) is 38.1 Å². The van der Waals surface area contributed by atoms with Crippen molar-refractivity contribution in [3.8, 4) is 0 Å². The normalized spacial score (nSPS) is 12.1. The van der Waals surface area contributed by atoms with Gasteiger partial charge in [-0.1, -0.05) is 35.9 Å². The highest BCUT2D eigenvalue weighted by atomic mass is 19.1. The smallest absolute Gasteiger partial charge is 0.408 e. The highest BCUT2D eigenvalue weighted by Crippen LogP contribution is 2.17. The molecule has 0 aliphatic carbocycles. The highest BCUT2D eigenvalue weighted by molar-refractivity contribution is 5.98. The summed E-state index contributed by atoms with van der Waals surface area (Å²) in [5.41, 5.74) is 3.29. The first-order chi connectivity index (χ1) is 17.7. The molecule has 1 atom stereocenters. The van der Waals surface area contributed by atoms with E-state index < -0.39 is 23.4 Å². The van der Waals surface area contributed by atoms with Crippen LogP contribution in [0.15, 0.2) is 63.9 Å². The number of hydrogen-bond acceptors (Lipinski definition) is 6. The van der Waals surface area contributed by atoms with Gasteiger partial charge in [0.15, 0.2) is 17.0 Å². The van der Waals surface area contributed by atoms with Crippen LogP contribution in [0.4, 0.5) is 4.39 Å². The Bertz CT molecular complexity index is 1720. The van der Waals surface area contributed by atoms with Crippen LogP contribution in [0.25, 0.3) is 16.7 Å². The fourth-order valence-corrected chi connectivity index (χ4v) is 3.98. The molecule has 0 bridgehead atoms. The number of carbonyl (C=O) groups is 2. The van der Waals surface area contributed by atoms with Crippen LogP contribution < -0.4 is 16.4 Å². The summed E-state index contributed by atoms with van der Waals surface area (Å²) in [6.45, 7) is 3.90. The van der Waals surface area contributed by atoms with Crippen LogP contribution in [0.1, 0.15) is 50.6 Å². The molecule has 188 valence electrons. The Kier molecular flexibility index (Phi) is 6.04. The molecule has 5 aromatic rings. The van der Waals surface area contributed by atoms with Gasteiger partial charge in [0.05, 0.1) is 17.8 Å². The van der Waals surface area contributed by atoms with Gasteiger partial charge in [-0.15, -0.1) is 0 Å². The summed E-state index contributed by atoms with van der Waals surface area (Å²) in [5.74, 6) is -2.39. The number of benzene rings is 2. The van der Waals surface area contributed by atoms with E-state index in [0.717, 1.165) is 21.8 Å². The van der Waals surface area contributed by atoms with E-state index in [1.165, 1.54) is 10.6 Å². The molecular weight excluding hydrogens is 479 g/mol. The minimum atomic E-state index is -0.762. The van der Waals surface area contributed by atoms with Crippen molar-refractivity contribution in [2.75, 3.05) is 0 Å². The third-order valence-corrected chi connectivity index (χ3v) is 6.13. The summed E-state index contributed by atoms with van der Waals surface area (Å²) in [4.78, 5) is 41.9. The van der Waals surface area contributed by atoms with E-state index >= 15 is 0 Å². The lowest BCUT2D eigenvalue weighted by atomic mass is 10.1. The van der Waals surface area contributed by atoms with Gasteiger partial charge in [-0.2, -0.15) is 5.10 Å². The first-order valence-electron chi connectivity index (χ1n) is 11.5. The number of rotatable bonds is 6. The lowest BCUT2D eigenvalue weighted by Gasteiger charge is -2.15. The maximum Gasteiger partial charge on any atom is 0.419 e. The van der Waals surface area contributed by atoms with Gasteiger partial charge >= 0.3 is 5.76 Å². The van der Waals surface area contributed by atoms with Crippen molar-refractivity contribution in [3.05, 3.63) is 99.2 Å². The summed E-state index contributed by atoms with van der Waals surface area (Å²) in [7, 11) is 1.59. The third-order valence-electron chi connectivity index (χ3n) is 6.13. The van der Waals surface area contributed by atoms with Crippen LogP contribution in [0, 0.1) is 12.7 Å². The van der Waals surface area contributed by atoms with Gasteiger partial charge in [0.25, 0.3) is 11.8 Å². The standard InChI is InChI=1S/C26H23FN6O4/c1-14-4-7-17(8-5-14)15(2)30-25(35)21-11-19(31-23-18(27)13-29-33(21)23)24(34)28-12-16-6-9-22-20(10-16)32(3)26(36)37-22/h4-11,13,15H,12H2,1-3H3,(H,28,34)(H,30,35)/t15-/m0/s1. The Morgan fingerprint density at radius 3 is 2.62 bits per heavy atom. The van der Waals surface area contributed by atoms with Crippen LogP contribution in [-0.2, 0) is 13.6 Å². The molecule has 0 saturated carbocycles. The number of hydrogen-bond donors (Lipinski definition) is 2. The summed E-state index contributed by atoms with van der Waals surface area (Å²) < 4.78 is 21.9. The molecule has 11 heteroatoms. The molecule has 0 unspecified atom stereocenters. The fourth-order valence-electron chi connectivity index (χ4n) is 3.98. The zero-order valence-corrected chi connectivity index (χ0v) is 20.3.